The van der Waals surface area contributed by atoms with Crippen molar-refractivity contribution >= 4 is 16.7 Å². The van der Waals surface area contributed by atoms with Gasteiger partial charge in [0.15, 0.2) is 5.41 Å². The maximum atomic E-state index is 12.4. The molecule has 2 aromatic carbocycles. The Morgan fingerprint density at radius 3 is 2.62 bits per heavy atom. The van der Waals surface area contributed by atoms with Gasteiger partial charge in [0.2, 0.25) is 0 Å². The average molecular weight is 316 g/mol. The summed E-state index contributed by atoms with van der Waals surface area (Å²) in [5.41, 5.74) is -0.0732. The number of hydrogen-bond acceptors (Lipinski definition) is 4. The Labute approximate surface area is 140 Å². The van der Waals surface area contributed by atoms with Crippen LogP contribution in [0.3, 0.4) is 0 Å². The zero-order valence-corrected chi connectivity index (χ0v) is 13.3. The molecule has 0 amide bonds. The van der Waals surface area contributed by atoms with E-state index < -0.39 is 17.3 Å². The van der Waals surface area contributed by atoms with Crippen LogP contribution in [0.2, 0.25) is 0 Å². The van der Waals surface area contributed by atoms with E-state index in [9.17, 15) is 15.3 Å². The van der Waals surface area contributed by atoms with Gasteiger partial charge in [0.05, 0.1) is 18.7 Å². The first-order valence-electron chi connectivity index (χ1n) is 7.84. The second-order valence-corrected chi connectivity index (χ2v) is 5.78. The van der Waals surface area contributed by atoms with Gasteiger partial charge in [-0.2, -0.15) is 10.5 Å². The molecule has 0 spiro atoms. The molecule has 0 fully saturated rings. The molecule has 0 saturated heterocycles. The molecule has 1 aliphatic rings. The second-order valence-electron chi connectivity index (χ2n) is 5.78. The fraction of sp³-hybridized carbons (Fsp3) is 0.250. The van der Waals surface area contributed by atoms with E-state index in [-0.39, 0.29) is 13.0 Å². The first kappa shape index (κ1) is 15.8. The summed E-state index contributed by atoms with van der Waals surface area (Å²) in [5, 5.41) is 21.3. The lowest BCUT2D eigenvalue weighted by molar-refractivity contribution is -0.138. The van der Waals surface area contributed by atoms with Gasteiger partial charge in [-0.3, -0.25) is 0 Å². The minimum Gasteiger partial charge on any atom is -0.463 e. The monoisotopic (exact) mass is 316 g/mol. The number of nitriles is 2. The Morgan fingerprint density at radius 1 is 1.21 bits per heavy atom. The summed E-state index contributed by atoms with van der Waals surface area (Å²) in [4.78, 5) is 12.4. The number of carbonyl (C=O) groups is 1. The van der Waals surface area contributed by atoms with Crippen LogP contribution in [0.15, 0.2) is 54.1 Å². The molecule has 0 saturated carbocycles. The van der Waals surface area contributed by atoms with Crippen LogP contribution in [0.25, 0.3) is 10.8 Å². The third-order valence-electron chi connectivity index (χ3n) is 4.49. The predicted octanol–water partition coefficient (Wildman–Crippen LogP) is 3.85. The molecular weight excluding hydrogens is 300 g/mol. The molecule has 4 heteroatoms. The van der Waals surface area contributed by atoms with Gasteiger partial charge in [0.25, 0.3) is 0 Å². The molecule has 1 atom stereocenters. The third-order valence-corrected chi connectivity index (χ3v) is 4.49. The van der Waals surface area contributed by atoms with Gasteiger partial charge in [0.1, 0.15) is 0 Å². The number of hydrogen-bond donors (Lipinski definition) is 0. The van der Waals surface area contributed by atoms with Gasteiger partial charge in [-0.15, -0.1) is 0 Å². The van der Waals surface area contributed by atoms with Crippen LogP contribution in [0.4, 0.5) is 0 Å². The highest BCUT2D eigenvalue weighted by atomic mass is 16.5. The number of fused-ring (bicyclic) bond motifs is 1. The molecule has 1 aliphatic carbocycles. The minimum atomic E-state index is -1.29. The second kappa shape index (κ2) is 6.18. The normalized spacial score (nSPS) is 18.5. The molecule has 118 valence electrons. The van der Waals surface area contributed by atoms with E-state index in [4.69, 9.17) is 4.74 Å². The van der Waals surface area contributed by atoms with Gasteiger partial charge in [-0.25, -0.2) is 4.79 Å². The highest BCUT2D eigenvalue weighted by molar-refractivity contribution is 5.95. The van der Waals surface area contributed by atoms with E-state index in [1.165, 1.54) is 0 Å². The van der Waals surface area contributed by atoms with Crippen molar-refractivity contribution in [3.05, 3.63) is 59.7 Å². The van der Waals surface area contributed by atoms with Crippen molar-refractivity contribution in [1.29, 1.82) is 10.5 Å². The molecule has 0 aliphatic heterocycles. The van der Waals surface area contributed by atoms with Crippen LogP contribution in [0.5, 0.6) is 0 Å². The number of esters is 1. The summed E-state index contributed by atoms with van der Waals surface area (Å²) in [6.07, 6.45) is 1.90. The molecule has 0 bridgehead atoms. The van der Waals surface area contributed by atoms with Crippen molar-refractivity contribution in [3.63, 3.8) is 0 Å². The number of nitrogens with zero attached hydrogens (tertiary/aromatic N) is 2. The minimum absolute atomic E-state index is 0.224. The molecule has 0 heterocycles. The first-order valence-corrected chi connectivity index (χ1v) is 7.84. The third kappa shape index (κ3) is 2.33. The molecule has 4 nitrogen and oxygen atoms in total. The number of carbonyl (C=O) groups excluding carboxylic acids is 1. The average Bonchev–Trinajstić information content (AvgIpc) is 3.01. The Balaban J connectivity index is 2.22. The molecule has 2 aromatic rings. The van der Waals surface area contributed by atoms with E-state index in [0.717, 1.165) is 16.3 Å². The summed E-state index contributed by atoms with van der Waals surface area (Å²) in [5.74, 6) is -1.07. The van der Waals surface area contributed by atoms with Crippen LogP contribution in [0.1, 0.15) is 24.8 Å². The maximum Gasteiger partial charge on any atom is 0.334 e. The number of ether oxygens (including phenoxy) is 1. The maximum absolute atomic E-state index is 12.4. The zero-order chi connectivity index (χ0) is 17.2. The topological polar surface area (TPSA) is 73.9 Å². The number of rotatable bonds is 3. The lowest BCUT2D eigenvalue weighted by Crippen LogP contribution is -2.25. The van der Waals surface area contributed by atoms with Crippen molar-refractivity contribution in [2.75, 3.05) is 6.61 Å². The van der Waals surface area contributed by atoms with Crippen molar-refractivity contribution < 1.29 is 9.53 Å². The molecule has 24 heavy (non-hydrogen) atoms. The summed E-state index contributed by atoms with van der Waals surface area (Å²) >= 11 is 0. The highest BCUT2D eigenvalue weighted by Crippen LogP contribution is 2.50. The molecular formula is C20H16N2O2. The van der Waals surface area contributed by atoms with E-state index in [1.807, 2.05) is 42.5 Å². The molecule has 0 radical (unpaired) electrons. The van der Waals surface area contributed by atoms with E-state index in [1.54, 1.807) is 13.0 Å². The van der Waals surface area contributed by atoms with Gasteiger partial charge >= 0.3 is 5.97 Å². The van der Waals surface area contributed by atoms with E-state index in [2.05, 4.69) is 12.1 Å². The lowest BCUT2D eigenvalue weighted by Gasteiger charge is -2.25. The van der Waals surface area contributed by atoms with Crippen LogP contribution < -0.4 is 0 Å². The SMILES string of the molecule is CCOC(=O)C1=CCC(C#N)(C#N)C1c1cccc2ccccc12. The van der Waals surface area contributed by atoms with E-state index >= 15 is 0 Å². The van der Waals surface area contributed by atoms with E-state index in [0.29, 0.717) is 5.57 Å². The lowest BCUT2D eigenvalue weighted by atomic mass is 9.72. The summed E-state index contributed by atoms with van der Waals surface area (Å²) in [7, 11) is 0. The largest absolute Gasteiger partial charge is 0.463 e. The van der Waals surface area contributed by atoms with Gasteiger partial charge in [0, 0.05) is 11.5 Å². The smallest absolute Gasteiger partial charge is 0.334 e. The summed E-state index contributed by atoms with van der Waals surface area (Å²) < 4.78 is 5.15. The fourth-order valence-corrected chi connectivity index (χ4v) is 3.37. The Hall–Kier alpha value is -3.11. The van der Waals surface area contributed by atoms with Crippen LogP contribution >= 0.6 is 0 Å². The predicted molar refractivity (Wildman–Crippen MR) is 89.7 cm³/mol. The Morgan fingerprint density at radius 2 is 1.92 bits per heavy atom. The van der Waals surface area contributed by atoms with Crippen molar-refractivity contribution in [2.45, 2.75) is 19.3 Å². The standard InChI is InChI=1S/C20H16N2O2/c1-2-24-19(23)17-10-11-20(12-21,13-22)18(17)16-9-5-7-14-6-3-4-8-15(14)16/h3-10,18H,2,11H2,1H3. The quantitative estimate of drug-likeness (QED) is 0.806. The summed E-state index contributed by atoms with van der Waals surface area (Å²) in [6, 6.07) is 17.8. The molecule has 3 rings (SSSR count). The van der Waals surface area contributed by atoms with Crippen molar-refractivity contribution in [2.24, 2.45) is 5.41 Å². The molecule has 0 N–H and O–H groups in total. The Bertz CT molecular complexity index is 896. The van der Waals surface area contributed by atoms with Crippen molar-refractivity contribution in [3.8, 4) is 12.1 Å². The van der Waals surface area contributed by atoms with Crippen molar-refractivity contribution in [1.82, 2.24) is 0 Å². The number of allylic oxidation sites excluding steroid dienone is 1. The van der Waals surface area contributed by atoms with Crippen LogP contribution in [-0.2, 0) is 9.53 Å². The fourth-order valence-electron chi connectivity index (χ4n) is 3.37. The van der Waals surface area contributed by atoms with Crippen LogP contribution in [0, 0.1) is 28.1 Å². The zero-order valence-electron chi connectivity index (χ0n) is 13.3. The van der Waals surface area contributed by atoms with Crippen LogP contribution in [-0.4, -0.2) is 12.6 Å². The first-order chi connectivity index (χ1) is 11.7. The molecule has 0 aromatic heterocycles. The Kier molecular flexibility index (Phi) is 4.06. The van der Waals surface area contributed by atoms with Gasteiger partial charge in [-0.05, 0) is 29.7 Å². The highest BCUT2D eigenvalue weighted by Gasteiger charge is 2.49. The van der Waals surface area contributed by atoms with Gasteiger partial charge < -0.3 is 4.74 Å². The molecule has 1 unspecified atom stereocenters. The van der Waals surface area contributed by atoms with Gasteiger partial charge in [-0.1, -0.05) is 48.5 Å². The summed E-state index contributed by atoms with van der Waals surface area (Å²) in [6.45, 7) is 1.99. The number of benzene rings is 2.